The second-order valence-corrected chi connectivity index (χ2v) is 6.41. The summed E-state index contributed by atoms with van der Waals surface area (Å²) in [5.74, 6) is -1.14. The van der Waals surface area contributed by atoms with Crippen LogP contribution in [0, 0.1) is 5.41 Å². The summed E-state index contributed by atoms with van der Waals surface area (Å²) in [7, 11) is 0. The van der Waals surface area contributed by atoms with Gasteiger partial charge in [0, 0.05) is 5.02 Å². The number of carbonyl (C=O) groups is 2. The molecule has 1 aromatic rings. The maximum Gasteiger partial charge on any atom is 0.330 e. The Hall–Kier alpha value is -1.99. The van der Waals surface area contributed by atoms with Crippen LogP contribution in [0.4, 0.5) is 5.69 Å². The minimum atomic E-state index is -1.05. The SMILES string of the molecule is CC(N=Nc1ccc(CN2OCC(C)(C)C2=O)c(Cl)c1)C(=O)O. The van der Waals surface area contributed by atoms with Gasteiger partial charge in [0.25, 0.3) is 5.91 Å². The van der Waals surface area contributed by atoms with E-state index in [0.29, 0.717) is 22.9 Å². The van der Waals surface area contributed by atoms with Crippen LogP contribution >= 0.6 is 11.6 Å². The Morgan fingerprint density at radius 2 is 2.22 bits per heavy atom. The molecule has 23 heavy (non-hydrogen) atoms. The predicted octanol–water partition coefficient (Wildman–Crippen LogP) is 3.20. The third-order valence-corrected chi connectivity index (χ3v) is 3.79. The molecule has 7 nitrogen and oxygen atoms in total. The highest BCUT2D eigenvalue weighted by Crippen LogP contribution is 2.30. The quantitative estimate of drug-likeness (QED) is 0.834. The zero-order valence-electron chi connectivity index (χ0n) is 13.1. The highest BCUT2D eigenvalue weighted by molar-refractivity contribution is 6.31. The summed E-state index contributed by atoms with van der Waals surface area (Å²) in [5.41, 5.74) is 0.622. The van der Waals surface area contributed by atoms with E-state index in [1.54, 1.807) is 18.2 Å². The maximum absolute atomic E-state index is 12.1. The van der Waals surface area contributed by atoms with Crippen molar-refractivity contribution < 1.29 is 19.5 Å². The molecule has 8 heteroatoms. The smallest absolute Gasteiger partial charge is 0.330 e. The summed E-state index contributed by atoms with van der Waals surface area (Å²) in [6.45, 7) is 5.65. The molecule has 1 fully saturated rings. The topological polar surface area (TPSA) is 91.6 Å². The van der Waals surface area contributed by atoms with E-state index in [1.807, 2.05) is 13.8 Å². The van der Waals surface area contributed by atoms with Gasteiger partial charge in [-0.2, -0.15) is 10.2 Å². The number of hydrogen-bond donors (Lipinski definition) is 1. The van der Waals surface area contributed by atoms with Crippen molar-refractivity contribution in [3.8, 4) is 0 Å². The first-order valence-corrected chi connectivity index (χ1v) is 7.45. The van der Waals surface area contributed by atoms with Crippen molar-refractivity contribution in [2.75, 3.05) is 6.61 Å². The second kappa shape index (κ2) is 6.64. The Morgan fingerprint density at radius 3 is 2.74 bits per heavy atom. The fourth-order valence-corrected chi connectivity index (χ4v) is 2.13. The molecule has 1 atom stereocenters. The van der Waals surface area contributed by atoms with Gasteiger partial charge in [0.2, 0.25) is 0 Å². The van der Waals surface area contributed by atoms with E-state index in [4.69, 9.17) is 21.5 Å². The van der Waals surface area contributed by atoms with Crippen LogP contribution in [0.25, 0.3) is 0 Å². The molecule has 0 radical (unpaired) electrons. The minimum Gasteiger partial charge on any atom is -0.480 e. The van der Waals surface area contributed by atoms with Crippen LogP contribution < -0.4 is 0 Å². The number of hydroxylamine groups is 2. The number of carboxylic acid groups (broad SMARTS) is 1. The Labute approximate surface area is 138 Å². The van der Waals surface area contributed by atoms with Gasteiger partial charge in [-0.1, -0.05) is 17.7 Å². The van der Waals surface area contributed by atoms with E-state index < -0.39 is 17.4 Å². The van der Waals surface area contributed by atoms with E-state index in [2.05, 4.69) is 10.2 Å². The largest absolute Gasteiger partial charge is 0.480 e. The molecule has 0 aliphatic carbocycles. The van der Waals surface area contributed by atoms with Gasteiger partial charge in [-0.15, -0.1) is 0 Å². The summed E-state index contributed by atoms with van der Waals surface area (Å²) in [5, 5.41) is 18.0. The summed E-state index contributed by atoms with van der Waals surface area (Å²) >= 11 is 6.19. The number of aliphatic carboxylic acids is 1. The third-order valence-electron chi connectivity index (χ3n) is 3.44. The summed E-state index contributed by atoms with van der Waals surface area (Å²) in [6, 6.07) is 4.02. The molecule has 0 bridgehead atoms. The fraction of sp³-hybridized carbons (Fsp3) is 0.467. The lowest BCUT2D eigenvalue weighted by Crippen LogP contribution is -2.30. The first-order chi connectivity index (χ1) is 10.7. The first-order valence-electron chi connectivity index (χ1n) is 7.07. The van der Waals surface area contributed by atoms with Crippen molar-refractivity contribution in [2.45, 2.75) is 33.4 Å². The molecular weight excluding hydrogens is 322 g/mol. The van der Waals surface area contributed by atoms with Crippen LogP contribution in [0.15, 0.2) is 28.4 Å². The molecular formula is C15H18ClN3O4. The van der Waals surface area contributed by atoms with Crippen LogP contribution in [-0.2, 0) is 21.0 Å². The normalized spacial score (nSPS) is 18.6. The van der Waals surface area contributed by atoms with E-state index in [1.165, 1.54) is 12.0 Å². The number of carbonyl (C=O) groups excluding carboxylic acids is 1. The Kier molecular flexibility index (Phi) is 5.01. The number of halogens is 1. The average molecular weight is 340 g/mol. The molecule has 1 unspecified atom stereocenters. The van der Waals surface area contributed by atoms with Gasteiger partial charge in [0.1, 0.15) is 0 Å². The van der Waals surface area contributed by atoms with Crippen LogP contribution in [-0.4, -0.2) is 34.7 Å². The van der Waals surface area contributed by atoms with E-state index in [9.17, 15) is 9.59 Å². The highest BCUT2D eigenvalue weighted by Gasteiger charge is 2.40. The minimum absolute atomic E-state index is 0.0902. The van der Waals surface area contributed by atoms with Gasteiger partial charge in [-0.25, -0.2) is 9.86 Å². The lowest BCUT2D eigenvalue weighted by Gasteiger charge is -2.17. The molecule has 124 valence electrons. The molecule has 0 saturated carbocycles. The number of rotatable bonds is 5. The van der Waals surface area contributed by atoms with Crippen LogP contribution in [0.5, 0.6) is 0 Å². The van der Waals surface area contributed by atoms with Crippen molar-refractivity contribution in [1.82, 2.24) is 5.06 Å². The molecule has 2 rings (SSSR count). The average Bonchev–Trinajstić information content (AvgIpc) is 2.74. The standard InChI is InChI=1S/C15H18ClN3O4/c1-9(13(20)21)17-18-11-5-4-10(12(16)6-11)7-19-14(22)15(2,3)8-23-19/h4-6,9H,7-8H2,1-3H3,(H,20,21). The van der Waals surface area contributed by atoms with Gasteiger partial charge in [0.15, 0.2) is 6.04 Å². The molecule has 0 spiro atoms. The number of hydrogen-bond acceptors (Lipinski definition) is 5. The summed E-state index contributed by atoms with van der Waals surface area (Å²) in [6.07, 6.45) is 0. The second-order valence-electron chi connectivity index (χ2n) is 6.00. The number of amides is 1. The molecule has 1 aromatic carbocycles. The number of azo groups is 1. The Bertz CT molecular complexity index is 660. The molecule has 1 aliphatic heterocycles. The van der Waals surface area contributed by atoms with Crippen LogP contribution in [0.1, 0.15) is 26.3 Å². The summed E-state index contributed by atoms with van der Waals surface area (Å²) in [4.78, 5) is 28.2. The number of nitrogens with zero attached hydrogens (tertiary/aromatic N) is 3. The molecule has 1 saturated heterocycles. The lowest BCUT2D eigenvalue weighted by molar-refractivity contribution is -0.165. The van der Waals surface area contributed by atoms with E-state index >= 15 is 0 Å². The van der Waals surface area contributed by atoms with Gasteiger partial charge in [0.05, 0.1) is 24.3 Å². The number of carboxylic acids is 1. The van der Waals surface area contributed by atoms with Crippen LogP contribution in [0.2, 0.25) is 5.02 Å². The van der Waals surface area contributed by atoms with Crippen molar-refractivity contribution in [1.29, 1.82) is 0 Å². The van der Waals surface area contributed by atoms with Gasteiger partial charge >= 0.3 is 5.97 Å². The van der Waals surface area contributed by atoms with Crippen molar-refractivity contribution in [2.24, 2.45) is 15.6 Å². The highest BCUT2D eigenvalue weighted by atomic mass is 35.5. The lowest BCUT2D eigenvalue weighted by atomic mass is 9.95. The maximum atomic E-state index is 12.1. The fourth-order valence-electron chi connectivity index (χ4n) is 1.90. The monoisotopic (exact) mass is 339 g/mol. The van der Waals surface area contributed by atoms with Crippen molar-refractivity contribution in [3.63, 3.8) is 0 Å². The molecule has 1 N–H and O–H groups in total. The van der Waals surface area contributed by atoms with E-state index in [-0.39, 0.29) is 12.5 Å². The van der Waals surface area contributed by atoms with Crippen LogP contribution in [0.3, 0.4) is 0 Å². The molecule has 1 aliphatic rings. The Morgan fingerprint density at radius 1 is 1.52 bits per heavy atom. The summed E-state index contributed by atoms with van der Waals surface area (Å²) < 4.78 is 0. The Balaban J connectivity index is 2.08. The first kappa shape index (κ1) is 17.4. The molecule has 0 aromatic heterocycles. The van der Waals surface area contributed by atoms with Gasteiger partial charge in [-0.3, -0.25) is 9.63 Å². The zero-order valence-corrected chi connectivity index (χ0v) is 13.9. The van der Waals surface area contributed by atoms with Crippen molar-refractivity contribution >= 4 is 29.2 Å². The van der Waals surface area contributed by atoms with E-state index in [0.717, 1.165) is 0 Å². The molecule has 1 amide bonds. The van der Waals surface area contributed by atoms with Gasteiger partial charge < -0.3 is 5.11 Å². The zero-order chi connectivity index (χ0) is 17.2. The predicted molar refractivity (Wildman–Crippen MR) is 83.3 cm³/mol. The molecule has 1 heterocycles. The number of benzene rings is 1. The van der Waals surface area contributed by atoms with Crippen molar-refractivity contribution in [3.05, 3.63) is 28.8 Å². The van der Waals surface area contributed by atoms with Gasteiger partial charge in [-0.05, 0) is 38.5 Å². The third kappa shape index (κ3) is 4.05.